The molecule has 0 spiro atoms. The summed E-state index contributed by atoms with van der Waals surface area (Å²) in [6, 6.07) is 4.11. The summed E-state index contributed by atoms with van der Waals surface area (Å²) >= 11 is 7.04. The van der Waals surface area contributed by atoms with Crippen LogP contribution in [0.25, 0.3) is 0 Å². The molecule has 1 aliphatic rings. The third kappa shape index (κ3) is 2.48. The Bertz CT molecular complexity index is 291. The zero-order valence-electron chi connectivity index (χ0n) is 7.79. The van der Waals surface area contributed by atoms with Crippen molar-refractivity contribution in [3.8, 4) is 0 Å². The lowest BCUT2D eigenvalue weighted by Crippen LogP contribution is -2.34. The number of piperidine rings is 1. The molecule has 2 nitrogen and oxygen atoms in total. The van der Waals surface area contributed by atoms with Crippen molar-refractivity contribution in [1.82, 2.24) is 4.98 Å². The predicted octanol–water partition coefficient (Wildman–Crippen LogP) is 3.21. The maximum Gasteiger partial charge on any atom is 0.128 e. The molecule has 1 aromatic rings. The van der Waals surface area contributed by atoms with E-state index in [0.717, 1.165) is 23.4 Å². The van der Waals surface area contributed by atoms with Crippen LogP contribution in [0.5, 0.6) is 0 Å². The maximum absolute atomic E-state index is 4.39. The van der Waals surface area contributed by atoms with E-state index in [0.29, 0.717) is 4.83 Å². The third-order valence-corrected chi connectivity index (χ3v) is 3.85. The Kier molecular flexibility index (Phi) is 3.44. The number of pyridine rings is 1. The van der Waals surface area contributed by atoms with E-state index < -0.39 is 0 Å². The number of hydrogen-bond donors (Lipinski definition) is 0. The van der Waals surface area contributed by atoms with E-state index in [-0.39, 0.29) is 0 Å². The lowest BCUT2D eigenvalue weighted by molar-refractivity contribution is 0.592. The zero-order valence-corrected chi connectivity index (χ0v) is 11.0. The molecule has 2 rings (SSSR count). The summed E-state index contributed by atoms with van der Waals surface area (Å²) in [6.07, 6.45) is 4.27. The van der Waals surface area contributed by atoms with Crippen LogP contribution in [0, 0.1) is 0 Å². The standard InChI is InChI=1S/C10H12Br2N2/c11-8-3-5-14(6-4-8)10-2-1-9(12)7-13-10/h1-2,7-8H,3-6H2. The average molecular weight is 320 g/mol. The number of alkyl halides is 1. The van der Waals surface area contributed by atoms with Crippen LogP contribution in [0.3, 0.4) is 0 Å². The molecule has 0 saturated carbocycles. The van der Waals surface area contributed by atoms with Crippen molar-refractivity contribution in [1.29, 1.82) is 0 Å². The molecule has 76 valence electrons. The van der Waals surface area contributed by atoms with Gasteiger partial charge in [0.1, 0.15) is 5.82 Å². The quantitative estimate of drug-likeness (QED) is 0.739. The van der Waals surface area contributed by atoms with Gasteiger partial charge in [-0.25, -0.2) is 4.98 Å². The average Bonchev–Trinajstić information content (AvgIpc) is 2.21. The number of rotatable bonds is 1. The zero-order chi connectivity index (χ0) is 9.97. The highest BCUT2D eigenvalue weighted by Crippen LogP contribution is 2.22. The molecule has 1 aliphatic heterocycles. The molecule has 0 amide bonds. The molecule has 1 saturated heterocycles. The first-order valence-electron chi connectivity index (χ1n) is 4.76. The van der Waals surface area contributed by atoms with Crippen molar-refractivity contribution in [2.24, 2.45) is 0 Å². The molecule has 0 N–H and O–H groups in total. The highest BCUT2D eigenvalue weighted by atomic mass is 79.9. The van der Waals surface area contributed by atoms with E-state index in [1.165, 1.54) is 12.8 Å². The van der Waals surface area contributed by atoms with E-state index >= 15 is 0 Å². The van der Waals surface area contributed by atoms with E-state index in [4.69, 9.17) is 0 Å². The number of halogens is 2. The summed E-state index contributed by atoms with van der Waals surface area (Å²) in [5, 5.41) is 0. The van der Waals surface area contributed by atoms with Gasteiger partial charge >= 0.3 is 0 Å². The fourth-order valence-electron chi connectivity index (χ4n) is 1.63. The van der Waals surface area contributed by atoms with Gasteiger partial charge in [-0.15, -0.1) is 0 Å². The number of anilines is 1. The molecule has 0 radical (unpaired) electrons. The smallest absolute Gasteiger partial charge is 0.128 e. The Morgan fingerprint density at radius 1 is 1.29 bits per heavy atom. The summed E-state index contributed by atoms with van der Waals surface area (Å²) in [5.74, 6) is 1.09. The van der Waals surface area contributed by atoms with E-state index in [2.05, 4.69) is 47.8 Å². The van der Waals surface area contributed by atoms with Crippen LogP contribution < -0.4 is 4.90 Å². The van der Waals surface area contributed by atoms with Gasteiger partial charge in [0, 0.05) is 28.6 Å². The van der Waals surface area contributed by atoms with Gasteiger partial charge in [0.2, 0.25) is 0 Å². The van der Waals surface area contributed by atoms with Crippen molar-refractivity contribution in [3.05, 3.63) is 22.8 Å². The molecule has 1 fully saturated rings. The fourth-order valence-corrected chi connectivity index (χ4v) is 2.28. The lowest BCUT2D eigenvalue weighted by atomic mass is 10.1. The Morgan fingerprint density at radius 3 is 2.57 bits per heavy atom. The number of hydrogen-bond acceptors (Lipinski definition) is 2. The topological polar surface area (TPSA) is 16.1 Å². The van der Waals surface area contributed by atoms with Gasteiger partial charge in [0.25, 0.3) is 0 Å². The molecule has 1 aromatic heterocycles. The summed E-state index contributed by atoms with van der Waals surface area (Å²) in [7, 11) is 0. The van der Waals surface area contributed by atoms with Crippen LogP contribution in [0.1, 0.15) is 12.8 Å². The first-order valence-corrected chi connectivity index (χ1v) is 6.47. The van der Waals surface area contributed by atoms with Gasteiger partial charge in [-0.3, -0.25) is 0 Å². The minimum Gasteiger partial charge on any atom is -0.357 e. The Morgan fingerprint density at radius 2 is 2.00 bits per heavy atom. The minimum absolute atomic E-state index is 0.689. The van der Waals surface area contributed by atoms with E-state index in [9.17, 15) is 0 Å². The van der Waals surface area contributed by atoms with Crippen molar-refractivity contribution in [3.63, 3.8) is 0 Å². The predicted molar refractivity (Wildman–Crippen MR) is 66.1 cm³/mol. The second-order valence-electron chi connectivity index (χ2n) is 3.50. The molecular weight excluding hydrogens is 308 g/mol. The Labute approximate surface area is 101 Å². The van der Waals surface area contributed by atoms with Gasteiger partial charge in [-0.1, -0.05) is 15.9 Å². The van der Waals surface area contributed by atoms with Crippen LogP contribution >= 0.6 is 31.9 Å². The second-order valence-corrected chi connectivity index (χ2v) is 5.71. The molecular formula is C10H12Br2N2. The van der Waals surface area contributed by atoms with Gasteiger partial charge in [-0.05, 0) is 40.9 Å². The summed E-state index contributed by atoms with van der Waals surface area (Å²) in [4.78, 5) is 7.42. The van der Waals surface area contributed by atoms with E-state index in [1.54, 1.807) is 0 Å². The van der Waals surface area contributed by atoms with Crippen LogP contribution in [-0.2, 0) is 0 Å². The molecule has 0 aliphatic carbocycles. The highest BCUT2D eigenvalue weighted by molar-refractivity contribution is 9.10. The first kappa shape index (κ1) is 10.4. The summed E-state index contributed by atoms with van der Waals surface area (Å²) in [5.41, 5.74) is 0. The van der Waals surface area contributed by atoms with Gasteiger partial charge in [-0.2, -0.15) is 0 Å². The lowest BCUT2D eigenvalue weighted by Gasteiger charge is -2.30. The van der Waals surface area contributed by atoms with Crippen LogP contribution in [0.2, 0.25) is 0 Å². The van der Waals surface area contributed by atoms with Crippen LogP contribution in [-0.4, -0.2) is 22.9 Å². The summed E-state index contributed by atoms with van der Waals surface area (Å²) < 4.78 is 1.04. The van der Waals surface area contributed by atoms with Crippen molar-refractivity contribution < 1.29 is 0 Å². The molecule has 4 heteroatoms. The monoisotopic (exact) mass is 318 g/mol. The van der Waals surface area contributed by atoms with Gasteiger partial charge in [0.15, 0.2) is 0 Å². The Balaban J connectivity index is 2.05. The third-order valence-electron chi connectivity index (χ3n) is 2.46. The van der Waals surface area contributed by atoms with Crippen LogP contribution in [0.4, 0.5) is 5.82 Å². The normalized spacial score (nSPS) is 18.6. The van der Waals surface area contributed by atoms with Gasteiger partial charge in [0.05, 0.1) is 0 Å². The molecule has 14 heavy (non-hydrogen) atoms. The molecule has 0 bridgehead atoms. The van der Waals surface area contributed by atoms with Gasteiger partial charge < -0.3 is 4.90 Å². The molecule has 0 unspecified atom stereocenters. The van der Waals surface area contributed by atoms with Crippen LogP contribution in [0.15, 0.2) is 22.8 Å². The summed E-state index contributed by atoms with van der Waals surface area (Å²) in [6.45, 7) is 2.20. The minimum atomic E-state index is 0.689. The Hall–Kier alpha value is -0.0900. The second kappa shape index (κ2) is 4.62. The number of nitrogens with zero attached hydrogens (tertiary/aromatic N) is 2. The molecule has 0 aromatic carbocycles. The number of aromatic nitrogens is 1. The SMILES string of the molecule is Brc1ccc(N2CCC(Br)CC2)nc1. The molecule has 0 atom stereocenters. The van der Waals surface area contributed by atoms with Crippen molar-refractivity contribution in [2.45, 2.75) is 17.7 Å². The largest absolute Gasteiger partial charge is 0.357 e. The maximum atomic E-state index is 4.39. The first-order chi connectivity index (χ1) is 6.75. The van der Waals surface area contributed by atoms with Crippen molar-refractivity contribution in [2.75, 3.05) is 18.0 Å². The van der Waals surface area contributed by atoms with E-state index in [1.807, 2.05) is 12.3 Å². The fraction of sp³-hybridized carbons (Fsp3) is 0.500. The molecule has 2 heterocycles. The highest BCUT2D eigenvalue weighted by Gasteiger charge is 2.17. The van der Waals surface area contributed by atoms with Crippen molar-refractivity contribution >= 4 is 37.7 Å².